The maximum atomic E-state index is 13.4. The topological polar surface area (TPSA) is 43.9 Å². The minimum absolute atomic E-state index is 0.00610. The van der Waals surface area contributed by atoms with Crippen LogP contribution in [0.25, 0.3) is 0 Å². The number of carbonyl (C=O) groups is 2. The van der Waals surface area contributed by atoms with Crippen molar-refractivity contribution in [3.63, 3.8) is 0 Å². The van der Waals surface area contributed by atoms with Crippen molar-refractivity contribution in [3.8, 4) is 0 Å². The summed E-state index contributed by atoms with van der Waals surface area (Å²) in [6.45, 7) is 10.2. The van der Waals surface area contributed by atoms with Crippen LogP contribution in [0, 0.1) is 18.7 Å². The minimum Gasteiger partial charge on any atom is -0.332 e. The van der Waals surface area contributed by atoms with Crippen molar-refractivity contribution in [1.82, 2.24) is 14.7 Å². The average Bonchev–Trinajstić information content (AvgIpc) is 3.43. The van der Waals surface area contributed by atoms with Crippen molar-refractivity contribution < 1.29 is 14.0 Å². The molecule has 1 saturated heterocycles. The van der Waals surface area contributed by atoms with E-state index < -0.39 is 0 Å². The quantitative estimate of drug-likeness (QED) is 0.532. The second-order valence-corrected chi connectivity index (χ2v) is 9.87. The number of halogens is 1. The minimum atomic E-state index is -0.295. The molecule has 1 aromatic heterocycles. The molecule has 32 heavy (non-hydrogen) atoms. The van der Waals surface area contributed by atoms with Crippen molar-refractivity contribution in [1.29, 1.82) is 0 Å². The van der Waals surface area contributed by atoms with E-state index in [0.717, 1.165) is 35.6 Å². The lowest BCUT2D eigenvalue weighted by atomic mass is 10.1. The Kier molecular flexibility index (Phi) is 8.82. The lowest BCUT2D eigenvalue weighted by molar-refractivity contribution is -0.143. The summed E-state index contributed by atoms with van der Waals surface area (Å²) in [4.78, 5) is 33.3. The van der Waals surface area contributed by atoms with E-state index in [2.05, 4.69) is 4.90 Å². The van der Waals surface area contributed by atoms with Crippen LogP contribution in [0.5, 0.6) is 0 Å². The standard InChI is InChI=1S/C25H34FN3O2S/c1-19(2)25(31)28(14-13-27-11-4-5-12-27)18-24(30)29(17-23-20(3)10-15-32-23)16-21-6-8-22(26)9-7-21/h6-10,15,19H,4-5,11-14,16-18H2,1-3H3. The zero-order valence-electron chi connectivity index (χ0n) is 19.3. The largest absolute Gasteiger partial charge is 0.332 e. The SMILES string of the molecule is Cc1ccsc1CN(Cc1ccc(F)cc1)C(=O)CN(CCN1CCCC1)C(=O)C(C)C. The summed E-state index contributed by atoms with van der Waals surface area (Å²) < 4.78 is 13.4. The van der Waals surface area contributed by atoms with E-state index in [1.54, 1.807) is 33.3 Å². The molecule has 0 saturated carbocycles. The predicted octanol–water partition coefficient (Wildman–Crippen LogP) is 4.30. The van der Waals surface area contributed by atoms with Crippen LogP contribution in [-0.4, -0.2) is 59.2 Å². The van der Waals surface area contributed by atoms with Gasteiger partial charge in [-0.15, -0.1) is 11.3 Å². The molecule has 1 aliphatic heterocycles. The van der Waals surface area contributed by atoms with Gasteiger partial charge in [-0.2, -0.15) is 0 Å². The van der Waals surface area contributed by atoms with Gasteiger partial charge in [-0.25, -0.2) is 4.39 Å². The molecule has 1 aliphatic rings. The summed E-state index contributed by atoms with van der Waals surface area (Å²) in [6, 6.07) is 8.30. The van der Waals surface area contributed by atoms with Gasteiger partial charge in [-0.05, 0) is 67.6 Å². The van der Waals surface area contributed by atoms with Gasteiger partial charge in [0.05, 0.1) is 13.1 Å². The van der Waals surface area contributed by atoms with Gasteiger partial charge in [0, 0.05) is 30.4 Å². The summed E-state index contributed by atoms with van der Waals surface area (Å²) in [7, 11) is 0. The highest BCUT2D eigenvalue weighted by Gasteiger charge is 2.25. The number of benzene rings is 1. The maximum absolute atomic E-state index is 13.4. The van der Waals surface area contributed by atoms with Gasteiger partial charge >= 0.3 is 0 Å². The molecule has 0 radical (unpaired) electrons. The van der Waals surface area contributed by atoms with E-state index in [-0.39, 0.29) is 30.1 Å². The number of hydrogen-bond donors (Lipinski definition) is 0. The second-order valence-electron chi connectivity index (χ2n) is 8.87. The smallest absolute Gasteiger partial charge is 0.242 e. The Morgan fingerprint density at radius 2 is 1.75 bits per heavy atom. The average molecular weight is 460 g/mol. The number of carbonyl (C=O) groups excluding carboxylic acids is 2. The van der Waals surface area contributed by atoms with Gasteiger partial charge in [0.1, 0.15) is 5.82 Å². The first kappa shape index (κ1) is 24.4. The highest BCUT2D eigenvalue weighted by Crippen LogP contribution is 2.20. The molecule has 0 spiro atoms. The zero-order chi connectivity index (χ0) is 23.1. The van der Waals surface area contributed by atoms with E-state index in [1.807, 2.05) is 32.2 Å². The monoisotopic (exact) mass is 459 g/mol. The van der Waals surface area contributed by atoms with E-state index in [1.165, 1.54) is 25.0 Å². The van der Waals surface area contributed by atoms with Crippen molar-refractivity contribution in [2.24, 2.45) is 5.92 Å². The molecule has 3 rings (SSSR count). The Morgan fingerprint density at radius 3 is 2.34 bits per heavy atom. The number of aryl methyl sites for hydroxylation is 1. The number of amides is 2. The summed E-state index contributed by atoms with van der Waals surface area (Å²) in [5.41, 5.74) is 2.02. The van der Waals surface area contributed by atoms with Crippen LogP contribution >= 0.6 is 11.3 Å². The van der Waals surface area contributed by atoms with Gasteiger partial charge in [0.2, 0.25) is 11.8 Å². The Morgan fingerprint density at radius 1 is 1.06 bits per heavy atom. The Hall–Kier alpha value is -2.25. The number of hydrogen-bond acceptors (Lipinski definition) is 4. The normalized spacial score (nSPS) is 14.2. The molecule has 1 aromatic carbocycles. The third-order valence-corrected chi connectivity index (χ3v) is 6.97. The summed E-state index contributed by atoms with van der Waals surface area (Å²) in [5.74, 6) is -0.535. The van der Waals surface area contributed by atoms with E-state index in [9.17, 15) is 14.0 Å². The highest BCUT2D eigenvalue weighted by molar-refractivity contribution is 7.10. The Labute approximate surface area is 194 Å². The zero-order valence-corrected chi connectivity index (χ0v) is 20.2. The fourth-order valence-corrected chi connectivity index (χ4v) is 4.87. The molecule has 0 atom stereocenters. The fraction of sp³-hybridized carbons (Fsp3) is 0.520. The first-order valence-electron chi connectivity index (χ1n) is 11.4. The number of nitrogens with zero attached hydrogens (tertiary/aromatic N) is 3. The molecule has 174 valence electrons. The molecule has 0 bridgehead atoms. The van der Waals surface area contributed by atoms with Crippen molar-refractivity contribution in [2.75, 3.05) is 32.7 Å². The molecule has 0 N–H and O–H groups in total. The summed E-state index contributed by atoms with van der Waals surface area (Å²) in [5, 5.41) is 2.02. The van der Waals surface area contributed by atoms with E-state index in [0.29, 0.717) is 19.6 Å². The van der Waals surface area contributed by atoms with Gasteiger partial charge in [0.15, 0.2) is 0 Å². The van der Waals surface area contributed by atoms with Gasteiger partial charge < -0.3 is 14.7 Å². The first-order chi connectivity index (χ1) is 15.3. The van der Waals surface area contributed by atoms with Crippen LogP contribution in [-0.2, 0) is 22.7 Å². The lowest BCUT2D eigenvalue weighted by Gasteiger charge is -2.30. The Balaban J connectivity index is 1.74. The molecule has 0 unspecified atom stereocenters. The van der Waals surface area contributed by atoms with Gasteiger partial charge in [0.25, 0.3) is 0 Å². The second kappa shape index (κ2) is 11.6. The molecular weight excluding hydrogens is 425 g/mol. The maximum Gasteiger partial charge on any atom is 0.242 e. The molecule has 2 aromatic rings. The van der Waals surface area contributed by atoms with Crippen molar-refractivity contribution in [2.45, 2.75) is 46.7 Å². The summed E-state index contributed by atoms with van der Waals surface area (Å²) >= 11 is 1.62. The molecule has 5 nitrogen and oxygen atoms in total. The van der Waals surface area contributed by atoms with Crippen LogP contribution in [0.4, 0.5) is 4.39 Å². The van der Waals surface area contributed by atoms with Crippen LogP contribution in [0.2, 0.25) is 0 Å². The molecule has 1 fully saturated rings. The van der Waals surface area contributed by atoms with Gasteiger partial charge in [-0.1, -0.05) is 26.0 Å². The van der Waals surface area contributed by atoms with Crippen molar-refractivity contribution in [3.05, 3.63) is 57.5 Å². The molecular formula is C25H34FN3O2S. The molecule has 2 amide bonds. The van der Waals surface area contributed by atoms with Crippen LogP contribution in [0.15, 0.2) is 35.7 Å². The van der Waals surface area contributed by atoms with E-state index >= 15 is 0 Å². The highest BCUT2D eigenvalue weighted by atomic mass is 32.1. The van der Waals surface area contributed by atoms with Crippen LogP contribution in [0.3, 0.4) is 0 Å². The summed E-state index contributed by atoms with van der Waals surface area (Å²) in [6.07, 6.45) is 2.39. The molecule has 0 aliphatic carbocycles. The third kappa shape index (κ3) is 6.87. The van der Waals surface area contributed by atoms with Gasteiger partial charge in [-0.3, -0.25) is 9.59 Å². The first-order valence-corrected chi connectivity index (χ1v) is 12.3. The van der Waals surface area contributed by atoms with Crippen LogP contribution in [0.1, 0.15) is 42.7 Å². The number of rotatable bonds is 10. The fourth-order valence-electron chi connectivity index (χ4n) is 3.95. The Bertz CT molecular complexity index is 891. The van der Waals surface area contributed by atoms with E-state index in [4.69, 9.17) is 0 Å². The molecule has 2 heterocycles. The lowest BCUT2D eigenvalue weighted by Crippen LogP contribution is -2.46. The number of likely N-dealkylation sites (tertiary alicyclic amines) is 1. The number of thiophene rings is 1. The molecule has 7 heteroatoms. The predicted molar refractivity (Wildman–Crippen MR) is 127 cm³/mol. The van der Waals surface area contributed by atoms with Crippen molar-refractivity contribution >= 4 is 23.2 Å². The third-order valence-electron chi connectivity index (χ3n) is 5.96. The van der Waals surface area contributed by atoms with Crippen LogP contribution < -0.4 is 0 Å².